The summed E-state index contributed by atoms with van der Waals surface area (Å²) in [5.41, 5.74) is 0. The van der Waals surface area contributed by atoms with Crippen molar-refractivity contribution in [2.75, 3.05) is 20.3 Å². The van der Waals surface area contributed by atoms with Crippen LogP contribution < -0.4 is 0 Å². The van der Waals surface area contributed by atoms with Gasteiger partial charge in [-0.3, -0.25) is 0 Å². The van der Waals surface area contributed by atoms with Gasteiger partial charge in [-0.2, -0.15) is 0 Å². The van der Waals surface area contributed by atoms with Crippen molar-refractivity contribution in [1.82, 2.24) is 0 Å². The van der Waals surface area contributed by atoms with Crippen molar-refractivity contribution in [2.24, 2.45) is 11.8 Å². The van der Waals surface area contributed by atoms with E-state index in [-0.39, 0.29) is 36.6 Å². The summed E-state index contributed by atoms with van der Waals surface area (Å²) >= 11 is 0. The molecule has 0 aliphatic heterocycles. The molecule has 1 rings (SSSR count). The molecule has 2 N–H and O–H groups in total. The van der Waals surface area contributed by atoms with Gasteiger partial charge < -0.3 is 19.7 Å². The average Bonchev–Trinajstić information content (AvgIpc) is 3.04. The van der Waals surface area contributed by atoms with Gasteiger partial charge >= 0.3 is 5.97 Å². The summed E-state index contributed by atoms with van der Waals surface area (Å²) in [6.45, 7) is 3.22. The van der Waals surface area contributed by atoms with Crippen LogP contribution in [0, 0.1) is 11.8 Å². The molecular formula is C25H44O5. The predicted molar refractivity (Wildman–Crippen MR) is 121 cm³/mol. The van der Waals surface area contributed by atoms with Gasteiger partial charge in [-0.05, 0) is 50.9 Å². The highest BCUT2D eigenvalue weighted by Gasteiger charge is 2.41. The molecule has 1 aliphatic rings. The molecule has 0 aromatic carbocycles. The van der Waals surface area contributed by atoms with E-state index in [9.17, 15) is 9.90 Å². The summed E-state index contributed by atoms with van der Waals surface area (Å²) in [7, 11) is 1.38. The molecule has 1 aliphatic carbocycles. The molecule has 1 unspecified atom stereocenters. The predicted octanol–water partition coefficient (Wildman–Crippen LogP) is 4.96. The number of aliphatic hydroxyl groups is 2. The number of allylic oxidation sites excluding steroid dienone is 2. The lowest BCUT2D eigenvalue weighted by Gasteiger charge is -2.23. The molecular weight excluding hydrogens is 380 g/mol. The van der Waals surface area contributed by atoms with Crippen LogP contribution in [0.4, 0.5) is 0 Å². The largest absolute Gasteiger partial charge is 0.466 e. The second kappa shape index (κ2) is 17.5. The molecule has 1 saturated carbocycles. The molecule has 0 bridgehead atoms. The minimum Gasteiger partial charge on any atom is -0.466 e. The summed E-state index contributed by atoms with van der Waals surface area (Å²) < 4.78 is 10.7. The third-order valence-corrected chi connectivity index (χ3v) is 5.97. The molecule has 0 radical (unpaired) electrons. The fraction of sp³-hybridized carbons (Fsp3) is 0.800. The maximum absolute atomic E-state index is 11.1. The van der Waals surface area contributed by atoms with Crippen molar-refractivity contribution in [1.29, 1.82) is 0 Å². The normalized spacial score (nSPS) is 24.3. The Kier molecular flexibility index (Phi) is 15.7. The van der Waals surface area contributed by atoms with E-state index in [0.717, 1.165) is 83.7 Å². The first-order valence-electron chi connectivity index (χ1n) is 12.0. The van der Waals surface area contributed by atoms with Crippen LogP contribution >= 0.6 is 0 Å². The van der Waals surface area contributed by atoms with Crippen LogP contribution in [0.15, 0.2) is 24.3 Å². The number of ether oxygens (including phenoxy) is 2. The summed E-state index contributed by atoms with van der Waals surface area (Å²) in [5.74, 6) is 0.210. The Morgan fingerprint density at radius 3 is 2.50 bits per heavy atom. The maximum Gasteiger partial charge on any atom is 0.330 e. The zero-order chi connectivity index (χ0) is 22.0. The lowest BCUT2D eigenvalue weighted by molar-refractivity contribution is -0.134. The van der Waals surface area contributed by atoms with Crippen molar-refractivity contribution >= 4 is 5.97 Å². The first-order chi connectivity index (χ1) is 14.6. The van der Waals surface area contributed by atoms with E-state index in [0.29, 0.717) is 0 Å². The second-order valence-corrected chi connectivity index (χ2v) is 8.37. The molecule has 0 amide bonds. The summed E-state index contributed by atoms with van der Waals surface area (Å²) in [6.07, 6.45) is 19.8. The number of unbranched alkanes of at least 4 members (excludes halogenated alkanes) is 7. The highest BCUT2D eigenvalue weighted by molar-refractivity contribution is 5.81. The van der Waals surface area contributed by atoms with Crippen LogP contribution in [0.3, 0.4) is 0 Å². The van der Waals surface area contributed by atoms with E-state index in [2.05, 4.69) is 23.8 Å². The van der Waals surface area contributed by atoms with Gasteiger partial charge in [0.2, 0.25) is 0 Å². The smallest absolute Gasteiger partial charge is 0.330 e. The molecule has 0 spiro atoms. The molecule has 174 valence electrons. The molecule has 5 nitrogen and oxygen atoms in total. The zero-order valence-electron chi connectivity index (χ0n) is 19.1. The Balaban J connectivity index is 2.50. The number of hydrogen-bond acceptors (Lipinski definition) is 5. The van der Waals surface area contributed by atoms with E-state index < -0.39 is 0 Å². The number of carbonyl (C=O) groups is 1. The van der Waals surface area contributed by atoms with Crippen molar-refractivity contribution in [3.05, 3.63) is 24.3 Å². The van der Waals surface area contributed by atoms with Crippen LogP contribution in [0.25, 0.3) is 0 Å². The minimum atomic E-state index is -0.310. The quantitative estimate of drug-likeness (QED) is 0.149. The monoisotopic (exact) mass is 424 g/mol. The van der Waals surface area contributed by atoms with E-state index in [1.807, 2.05) is 6.08 Å². The van der Waals surface area contributed by atoms with Gasteiger partial charge in [0.25, 0.3) is 0 Å². The van der Waals surface area contributed by atoms with Crippen molar-refractivity contribution < 1.29 is 24.5 Å². The van der Waals surface area contributed by atoms with Gasteiger partial charge in [0.05, 0.1) is 19.3 Å². The van der Waals surface area contributed by atoms with E-state index in [1.165, 1.54) is 13.2 Å². The lowest BCUT2D eigenvalue weighted by Crippen LogP contribution is -2.22. The molecule has 0 aromatic heterocycles. The molecule has 0 aromatic rings. The highest BCUT2D eigenvalue weighted by atomic mass is 16.5. The fourth-order valence-corrected chi connectivity index (χ4v) is 4.18. The topological polar surface area (TPSA) is 76.0 Å². The van der Waals surface area contributed by atoms with Gasteiger partial charge in [0.1, 0.15) is 0 Å². The molecule has 30 heavy (non-hydrogen) atoms. The minimum absolute atomic E-state index is 0.112. The van der Waals surface area contributed by atoms with Crippen LogP contribution in [0.1, 0.15) is 84.0 Å². The number of rotatable bonds is 17. The van der Waals surface area contributed by atoms with Crippen LogP contribution in [-0.2, 0) is 14.3 Å². The van der Waals surface area contributed by atoms with Crippen LogP contribution in [-0.4, -0.2) is 48.7 Å². The van der Waals surface area contributed by atoms with Crippen molar-refractivity contribution in [3.8, 4) is 0 Å². The van der Waals surface area contributed by atoms with Crippen LogP contribution in [0.5, 0.6) is 0 Å². The van der Waals surface area contributed by atoms with Gasteiger partial charge in [-0.25, -0.2) is 4.79 Å². The van der Waals surface area contributed by atoms with E-state index in [1.54, 1.807) is 0 Å². The molecule has 5 heteroatoms. The number of hydrogen-bond donors (Lipinski definition) is 2. The number of methoxy groups -OCH3 is 1. The van der Waals surface area contributed by atoms with E-state index in [4.69, 9.17) is 9.84 Å². The van der Waals surface area contributed by atoms with Crippen LogP contribution in [0.2, 0.25) is 0 Å². The van der Waals surface area contributed by atoms with Gasteiger partial charge in [0.15, 0.2) is 0 Å². The SMILES string of the molecule is CCCCO[C@@H]1C[C@H](O)C(CCCCC=CC(=O)OC)[C@H]1/C=C/CCCCCCO. The summed E-state index contributed by atoms with van der Waals surface area (Å²) in [6, 6.07) is 0. The first-order valence-corrected chi connectivity index (χ1v) is 12.0. The van der Waals surface area contributed by atoms with Crippen molar-refractivity contribution in [3.63, 3.8) is 0 Å². The summed E-state index contributed by atoms with van der Waals surface area (Å²) in [4.78, 5) is 11.1. The Morgan fingerprint density at radius 1 is 1.03 bits per heavy atom. The Labute approximate surface area is 183 Å². The zero-order valence-corrected chi connectivity index (χ0v) is 19.1. The number of carbonyl (C=O) groups excluding carboxylic acids is 1. The third kappa shape index (κ3) is 11.3. The first kappa shape index (κ1) is 26.9. The molecule has 0 heterocycles. The Hall–Kier alpha value is -1.17. The number of aliphatic hydroxyl groups excluding tert-OH is 2. The van der Waals surface area contributed by atoms with E-state index >= 15 is 0 Å². The number of esters is 1. The highest BCUT2D eigenvalue weighted by Crippen LogP contribution is 2.39. The Morgan fingerprint density at radius 2 is 1.77 bits per heavy atom. The second-order valence-electron chi connectivity index (χ2n) is 8.37. The summed E-state index contributed by atoms with van der Waals surface area (Å²) in [5, 5.41) is 19.5. The Bertz CT molecular complexity index is 488. The van der Waals surface area contributed by atoms with Gasteiger partial charge in [-0.15, -0.1) is 0 Å². The average molecular weight is 425 g/mol. The standard InChI is InChI=1S/C25H44O5/c1-3-4-19-30-24-20-23(27)21(15-11-8-9-13-17-25(28)29-2)22(24)16-12-7-5-6-10-14-18-26/h12-13,16-17,21-24,26-27H,3-11,14-15,18-20H2,1-2H3/b16-12+,17-13?/t21?,22-,23+,24-/m1/s1. The maximum atomic E-state index is 11.1. The third-order valence-electron chi connectivity index (χ3n) is 5.97. The fourth-order valence-electron chi connectivity index (χ4n) is 4.18. The van der Waals surface area contributed by atoms with Gasteiger partial charge in [-0.1, -0.05) is 50.8 Å². The van der Waals surface area contributed by atoms with Crippen molar-refractivity contribution in [2.45, 2.75) is 96.2 Å². The molecule has 1 fully saturated rings. The molecule has 4 atom stereocenters. The molecule has 0 saturated heterocycles. The van der Waals surface area contributed by atoms with Gasteiger partial charge in [0, 0.05) is 31.6 Å². The lowest BCUT2D eigenvalue weighted by atomic mass is 9.88.